The van der Waals surface area contributed by atoms with Crippen LogP contribution in [0, 0.1) is 6.92 Å². The average molecular weight is 460 g/mol. The van der Waals surface area contributed by atoms with Gasteiger partial charge in [0.15, 0.2) is 11.5 Å². The van der Waals surface area contributed by atoms with Gasteiger partial charge in [0.1, 0.15) is 6.61 Å². The number of nitrogens with zero attached hydrogens (tertiary/aromatic N) is 4. The first-order valence-electron chi connectivity index (χ1n) is 9.65. The number of unbranched alkanes of at least 4 members (excludes halogenated alkanes) is 1. The summed E-state index contributed by atoms with van der Waals surface area (Å²) in [6.07, 6.45) is 2.12. The molecule has 2 aromatic carbocycles. The smallest absolute Gasteiger partial charge is 0.243 e. The van der Waals surface area contributed by atoms with E-state index in [1.54, 1.807) is 11.8 Å². The lowest BCUT2D eigenvalue weighted by Gasteiger charge is -2.15. The van der Waals surface area contributed by atoms with E-state index in [9.17, 15) is 0 Å². The number of benzene rings is 2. The van der Waals surface area contributed by atoms with Crippen molar-refractivity contribution in [3.63, 3.8) is 0 Å². The van der Waals surface area contributed by atoms with E-state index >= 15 is 0 Å². The second kappa shape index (κ2) is 10.2. The summed E-state index contributed by atoms with van der Waals surface area (Å²) in [6.45, 7) is 6.04. The summed E-state index contributed by atoms with van der Waals surface area (Å²) in [4.78, 5) is 0. The molecule has 29 heavy (non-hydrogen) atoms. The van der Waals surface area contributed by atoms with Gasteiger partial charge in [-0.1, -0.05) is 64.2 Å². The third-order valence-corrected chi connectivity index (χ3v) is 5.28. The Labute approximate surface area is 179 Å². The van der Waals surface area contributed by atoms with Crippen LogP contribution in [0.3, 0.4) is 0 Å². The molecule has 3 aromatic rings. The van der Waals surface area contributed by atoms with Gasteiger partial charge in [-0.15, -0.1) is 0 Å². The molecule has 1 heterocycles. The van der Waals surface area contributed by atoms with Crippen LogP contribution in [0.5, 0.6) is 11.5 Å². The number of halogens is 1. The first kappa shape index (κ1) is 21.1. The van der Waals surface area contributed by atoms with Crippen LogP contribution in [0.1, 0.15) is 36.5 Å². The second-order valence-electron chi connectivity index (χ2n) is 6.80. The summed E-state index contributed by atoms with van der Waals surface area (Å²) in [5, 5.41) is 15.1. The Bertz CT molecular complexity index is 927. The van der Waals surface area contributed by atoms with Crippen LogP contribution in [0.2, 0.25) is 0 Å². The Morgan fingerprint density at radius 1 is 1.14 bits per heavy atom. The molecule has 3 rings (SSSR count). The summed E-state index contributed by atoms with van der Waals surface area (Å²) < 4.78 is 14.2. The molecule has 0 saturated carbocycles. The lowest BCUT2D eigenvalue weighted by molar-refractivity contribution is 0.284. The zero-order chi connectivity index (χ0) is 20.6. The predicted octanol–water partition coefficient (Wildman–Crippen LogP) is 4.74. The third kappa shape index (κ3) is 5.69. The summed E-state index contributed by atoms with van der Waals surface area (Å²) in [5.74, 6) is 2.03. The van der Waals surface area contributed by atoms with Crippen molar-refractivity contribution in [1.82, 2.24) is 20.2 Å². The van der Waals surface area contributed by atoms with Crippen molar-refractivity contribution in [3.05, 3.63) is 57.6 Å². The molecule has 1 N–H and O–H groups in total. The molecular formula is C21H26BrN5O2. The lowest BCUT2D eigenvalue weighted by Crippen LogP contribution is -2.09. The summed E-state index contributed by atoms with van der Waals surface area (Å²) >= 11 is 3.64. The van der Waals surface area contributed by atoms with Crippen LogP contribution >= 0.6 is 15.9 Å². The average Bonchev–Trinajstić information content (AvgIpc) is 3.18. The monoisotopic (exact) mass is 459 g/mol. The topological polar surface area (TPSA) is 74.1 Å². The van der Waals surface area contributed by atoms with Gasteiger partial charge in [0.05, 0.1) is 7.11 Å². The normalized spacial score (nSPS) is 10.8. The molecule has 154 valence electrons. The minimum Gasteiger partial charge on any atom is -0.493 e. The fourth-order valence-corrected chi connectivity index (χ4v) is 3.26. The van der Waals surface area contributed by atoms with Crippen LogP contribution in [-0.2, 0) is 19.7 Å². The highest BCUT2D eigenvalue weighted by Gasteiger charge is 2.12. The van der Waals surface area contributed by atoms with Crippen molar-refractivity contribution >= 4 is 21.9 Å². The Morgan fingerprint density at radius 2 is 1.93 bits per heavy atom. The van der Waals surface area contributed by atoms with Gasteiger partial charge in [0.25, 0.3) is 0 Å². The molecule has 0 spiro atoms. The molecule has 0 bridgehead atoms. The zero-order valence-electron chi connectivity index (χ0n) is 17.0. The molecular weight excluding hydrogens is 434 g/mol. The van der Waals surface area contributed by atoms with Gasteiger partial charge in [-0.25, -0.2) is 4.68 Å². The minimum atomic E-state index is 0.479. The van der Waals surface area contributed by atoms with Gasteiger partial charge in [0.2, 0.25) is 5.95 Å². The van der Waals surface area contributed by atoms with Crippen molar-refractivity contribution in [1.29, 1.82) is 0 Å². The number of methoxy groups -OCH3 is 1. The number of nitrogens with one attached hydrogen (secondary N) is 1. The maximum absolute atomic E-state index is 5.99. The highest BCUT2D eigenvalue weighted by Crippen LogP contribution is 2.34. The molecule has 8 heteroatoms. The summed E-state index contributed by atoms with van der Waals surface area (Å²) in [6, 6.07) is 12.2. The van der Waals surface area contributed by atoms with Gasteiger partial charge < -0.3 is 14.8 Å². The van der Waals surface area contributed by atoms with Crippen LogP contribution in [-0.4, -0.2) is 27.3 Å². The molecule has 0 aliphatic carbocycles. The van der Waals surface area contributed by atoms with Crippen LogP contribution in [0.4, 0.5) is 5.95 Å². The van der Waals surface area contributed by atoms with Gasteiger partial charge in [-0.2, -0.15) is 0 Å². The maximum Gasteiger partial charge on any atom is 0.243 e. The zero-order valence-corrected chi connectivity index (χ0v) is 18.6. The number of ether oxygens (including phenoxy) is 2. The van der Waals surface area contributed by atoms with Gasteiger partial charge in [0, 0.05) is 17.6 Å². The standard InChI is InChI=1S/C21H26BrN5O2/c1-4-5-10-27-21(24-25-26-27)23-13-17-11-19(28-3)20(12-18(17)22)29-14-16-8-6-15(2)7-9-16/h6-9,11-12H,4-5,10,13-14H2,1-3H3,(H,23,24,26). The highest BCUT2D eigenvalue weighted by atomic mass is 79.9. The predicted molar refractivity (Wildman–Crippen MR) is 116 cm³/mol. The van der Waals surface area contributed by atoms with E-state index in [-0.39, 0.29) is 0 Å². The van der Waals surface area contributed by atoms with E-state index in [2.05, 4.69) is 74.9 Å². The third-order valence-electron chi connectivity index (χ3n) is 4.54. The largest absolute Gasteiger partial charge is 0.493 e. The highest BCUT2D eigenvalue weighted by molar-refractivity contribution is 9.10. The Balaban J connectivity index is 1.67. The number of anilines is 1. The molecule has 0 saturated heterocycles. The number of hydrogen-bond donors (Lipinski definition) is 1. The second-order valence-corrected chi connectivity index (χ2v) is 7.66. The number of rotatable bonds is 10. The van der Waals surface area contributed by atoms with Crippen molar-refractivity contribution in [2.45, 2.75) is 46.4 Å². The first-order chi connectivity index (χ1) is 14.1. The molecule has 0 unspecified atom stereocenters. The fraction of sp³-hybridized carbons (Fsp3) is 0.381. The van der Waals surface area contributed by atoms with Crippen LogP contribution in [0.25, 0.3) is 0 Å². The minimum absolute atomic E-state index is 0.479. The number of tetrazole rings is 1. The van der Waals surface area contributed by atoms with Gasteiger partial charge in [-0.05, 0) is 47.0 Å². The Morgan fingerprint density at radius 3 is 2.66 bits per heavy atom. The van der Waals surface area contributed by atoms with E-state index in [1.807, 2.05) is 12.1 Å². The van der Waals surface area contributed by atoms with Crippen molar-refractivity contribution in [2.24, 2.45) is 0 Å². The van der Waals surface area contributed by atoms with Crippen LogP contribution in [0.15, 0.2) is 40.9 Å². The lowest BCUT2D eigenvalue weighted by atomic mass is 10.1. The quantitative estimate of drug-likeness (QED) is 0.471. The van der Waals surface area contributed by atoms with E-state index in [0.717, 1.165) is 35.0 Å². The van der Waals surface area contributed by atoms with Crippen molar-refractivity contribution in [2.75, 3.05) is 12.4 Å². The number of hydrogen-bond acceptors (Lipinski definition) is 6. The number of aryl methyl sites for hydroxylation is 2. The van der Waals surface area contributed by atoms with Gasteiger partial charge >= 0.3 is 0 Å². The molecule has 0 radical (unpaired) electrons. The Hall–Kier alpha value is -2.61. The molecule has 0 aliphatic heterocycles. The SMILES string of the molecule is CCCCn1nnnc1NCc1cc(OC)c(OCc2ccc(C)cc2)cc1Br. The molecule has 0 aliphatic rings. The first-order valence-corrected chi connectivity index (χ1v) is 10.4. The van der Waals surface area contributed by atoms with Crippen LogP contribution < -0.4 is 14.8 Å². The van der Waals surface area contributed by atoms with E-state index in [1.165, 1.54) is 5.56 Å². The molecule has 0 amide bonds. The molecule has 1 aromatic heterocycles. The van der Waals surface area contributed by atoms with E-state index in [0.29, 0.717) is 30.6 Å². The summed E-state index contributed by atoms with van der Waals surface area (Å²) in [7, 11) is 1.64. The van der Waals surface area contributed by atoms with Crippen molar-refractivity contribution in [3.8, 4) is 11.5 Å². The molecule has 7 nitrogen and oxygen atoms in total. The van der Waals surface area contributed by atoms with E-state index < -0.39 is 0 Å². The van der Waals surface area contributed by atoms with Crippen molar-refractivity contribution < 1.29 is 9.47 Å². The van der Waals surface area contributed by atoms with Gasteiger partial charge in [-0.3, -0.25) is 0 Å². The maximum atomic E-state index is 5.99. The summed E-state index contributed by atoms with van der Waals surface area (Å²) in [5.41, 5.74) is 3.36. The number of aromatic nitrogens is 4. The molecule has 0 atom stereocenters. The van der Waals surface area contributed by atoms with E-state index in [4.69, 9.17) is 9.47 Å². The Kier molecular flexibility index (Phi) is 7.46. The fourth-order valence-electron chi connectivity index (χ4n) is 2.79. The molecule has 0 fully saturated rings.